The topological polar surface area (TPSA) is 58.1 Å². The van der Waals surface area contributed by atoms with Crippen molar-refractivity contribution in [2.24, 2.45) is 5.92 Å². The molecule has 1 unspecified atom stereocenters. The molecule has 2 heterocycles. The number of hydrogen-bond acceptors (Lipinski definition) is 3. The Kier molecular flexibility index (Phi) is 6.25. The molecule has 1 amide bonds. The Labute approximate surface area is 159 Å². The number of aromatic nitrogens is 2. The van der Waals surface area contributed by atoms with E-state index in [-0.39, 0.29) is 11.5 Å². The van der Waals surface area contributed by atoms with Crippen molar-refractivity contribution in [2.45, 2.75) is 52.0 Å². The average Bonchev–Trinajstić information content (AvgIpc) is 2.63. The first kappa shape index (κ1) is 18.8. The molecule has 1 aliphatic heterocycles. The van der Waals surface area contributed by atoms with E-state index in [1.807, 2.05) is 29.2 Å². The SMILES string of the molecule is CC1CCCN(C(=O)CCCCCn2c(=S)[nH]c3ccccc3c2=O)C1. The Balaban J connectivity index is 1.50. The molecule has 1 N–H and O–H groups in total. The summed E-state index contributed by atoms with van der Waals surface area (Å²) >= 11 is 5.33. The van der Waals surface area contributed by atoms with E-state index in [0.717, 1.165) is 44.3 Å². The molecule has 1 atom stereocenters. The van der Waals surface area contributed by atoms with Gasteiger partial charge in [-0.15, -0.1) is 0 Å². The highest BCUT2D eigenvalue weighted by atomic mass is 32.1. The molecule has 140 valence electrons. The number of nitrogens with one attached hydrogen (secondary N) is 1. The van der Waals surface area contributed by atoms with Crippen molar-refractivity contribution in [3.63, 3.8) is 0 Å². The van der Waals surface area contributed by atoms with Crippen molar-refractivity contribution in [1.82, 2.24) is 14.5 Å². The minimum absolute atomic E-state index is 0.0391. The number of para-hydroxylation sites is 1. The standard InChI is InChI=1S/C20H27N3O2S/c1-15-8-7-12-22(14-15)18(24)11-3-2-6-13-23-19(25)16-9-4-5-10-17(16)21-20(23)26/h4-5,9-10,15H,2-3,6-8,11-14H2,1H3,(H,21,26). The van der Waals surface area contributed by atoms with E-state index in [9.17, 15) is 9.59 Å². The van der Waals surface area contributed by atoms with Crippen LogP contribution in [0.15, 0.2) is 29.1 Å². The van der Waals surface area contributed by atoms with Crippen molar-refractivity contribution in [3.8, 4) is 0 Å². The van der Waals surface area contributed by atoms with Gasteiger partial charge in [0.15, 0.2) is 4.77 Å². The number of rotatable bonds is 6. The lowest BCUT2D eigenvalue weighted by Gasteiger charge is -2.31. The molecule has 1 fully saturated rings. The van der Waals surface area contributed by atoms with Gasteiger partial charge in [-0.3, -0.25) is 14.2 Å². The van der Waals surface area contributed by atoms with Crippen LogP contribution in [0.2, 0.25) is 0 Å². The molecule has 0 radical (unpaired) electrons. The number of hydrogen-bond donors (Lipinski definition) is 1. The third-order valence-corrected chi connectivity index (χ3v) is 5.49. The maximum atomic E-state index is 12.6. The molecule has 26 heavy (non-hydrogen) atoms. The maximum absolute atomic E-state index is 12.6. The van der Waals surface area contributed by atoms with Crippen molar-refractivity contribution >= 4 is 29.0 Å². The number of benzene rings is 1. The first-order chi connectivity index (χ1) is 12.6. The Morgan fingerprint density at radius 2 is 2.08 bits per heavy atom. The first-order valence-corrected chi connectivity index (χ1v) is 9.96. The molecule has 6 heteroatoms. The van der Waals surface area contributed by atoms with Crippen LogP contribution in [-0.4, -0.2) is 33.4 Å². The third kappa shape index (κ3) is 4.41. The minimum Gasteiger partial charge on any atom is -0.342 e. The van der Waals surface area contributed by atoms with Gasteiger partial charge in [-0.2, -0.15) is 0 Å². The number of carbonyl (C=O) groups excluding carboxylic acids is 1. The van der Waals surface area contributed by atoms with Gasteiger partial charge in [0.2, 0.25) is 5.91 Å². The van der Waals surface area contributed by atoms with Crippen LogP contribution in [-0.2, 0) is 11.3 Å². The van der Waals surface area contributed by atoms with Gasteiger partial charge < -0.3 is 9.88 Å². The lowest BCUT2D eigenvalue weighted by atomic mass is 10.00. The Morgan fingerprint density at radius 3 is 2.88 bits per heavy atom. The number of fused-ring (bicyclic) bond motifs is 1. The van der Waals surface area contributed by atoms with Crippen LogP contribution in [0.25, 0.3) is 10.9 Å². The fraction of sp³-hybridized carbons (Fsp3) is 0.550. The van der Waals surface area contributed by atoms with Crippen molar-refractivity contribution in [3.05, 3.63) is 39.4 Å². The summed E-state index contributed by atoms with van der Waals surface area (Å²) in [6.45, 7) is 4.61. The van der Waals surface area contributed by atoms with Gasteiger partial charge in [-0.25, -0.2) is 0 Å². The Morgan fingerprint density at radius 1 is 1.27 bits per heavy atom. The molecular weight excluding hydrogens is 346 g/mol. The summed E-state index contributed by atoms with van der Waals surface area (Å²) in [5.74, 6) is 0.894. The van der Waals surface area contributed by atoms with Crippen LogP contribution in [0.4, 0.5) is 0 Å². The molecule has 1 aromatic heterocycles. The predicted octanol–water partition coefficient (Wildman–Crippen LogP) is 3.88. The lowest BCUT2D eigenvalue weighted by molar-refractivity contribution is -0.133. The summed E-state index contributed by atoms with van der Waals surface area (Å²) in [6, 6.07) is 7.43. The van der Waals surface area contributed by atoms with Crippen LogP contribution >= 0.6 is 12.2 Å². The Bertz CT molecular complexity index is 886. The van der Waals surface area contributed by atoms with E-state index >= 15 is 0 Å². The van der Waals surface area contributed by atoms with Crippen LogP contribution in [0, 0.1) is 10.7 Å². The smallest absolute Gasteiger partial charge is 0.262 e. The zero-order chi connectivity index (χ0) is 18.5. The fourth-order valence-corrected chi connectivity index (χ4v) is 3.98. The van der Waals surface area contributed by atoms with E-state index in [2.05, 4.69) is 11.9 Å². The van der Waals surface area contributed by atoms with E-state index < -0.39 is 0 Å². The van der Waals surface area contributed by atoms with E-state index in [4.69, 9.17) is 12.2 Å². The van der Waals surface area contributed by atoms with Gasteiger partial charge in [0, 0.05) is 26.1 Å². The van der Waals surface area contributed by atoms with Gasteiger partial charge in [-0.05, 0) is 56.0 Å². The minimum atomic E-state index is -0.0391. The second-order valence-corrected chi connectivity index (χ2v) is 7.72. The maximum Gasteiger partial charge on any atom is 0.262 e. The van der Waals surface area contributed by atoms with Gasteiger partial charge in [-0.1, -0.05) is 25.5 Å². The number of unbranched alkanes of at least 4 members (excludes halogenated alkanes) is 2. The molecule has 1 aliphatic rings. The molecule has 0 saturated carbocycles. The number of H-pyrrole nitrogens is 1. The highest BCUT2D eigenvalue weighted by Gasteiger charge is 2.20. The third-order valence-electron chi connectivity index (χ3n) is 5.17. The molecular formula is C20H27N3O2S. The molecule has 5 nitrogen and oxygen atoms in total. The van der Waals surface area contributed by atoms with Crippen molar-refractivity contribution < 1.29 is 4.79 Å². The number of aromatic amines is 1. The molecule has 0 spiro atoms. The second kappa shape index (κ2) is 8.62. The van der Waals surface area contributed by atoms with E-state index in [1.165, 1.54) is 6.42 Å². The zero-order valence-electron chi connectivity index (χ0n) is 15.4. The molecule has 1 aromatic carbocycles. The highest BCUT2D eigenvalue weighted by Crippen LogP contribution is 2.17. The van der Waals surface area contributed by atoms with Crippen LogP contribution in [0.1, 0.15) is 45.4 Å². The van der Waals surface area contributed by atoms with Crippen LogP contribution < -0.4 is 5.56 Å². The largest absolute Gasteiger partial charge is 0.342 e. The van der Waals surface area contributed by atoms with E-state index in [1.54, 1.807) is 4.57 Å². The molecule has 0 aliphatic carbocycles. The van der Waals surface area contributed by atoms with Gasteiger partial charge in [0.1, 0.15) is 0 Å². The van der Waals surface area contributed by atoms with Gasteiger partial charge >= 0.3 is 0 Å². The van der Waals surface area contributed by atoms with Gasteiger partial charge in [0.25, 0.3) is 5.56 Å². The number of nitrogens with zero attached hydrogens (tertiary/aromatic N) is 2. The zero-order valence-corrected chi connectivity index (χ0v) is 16.2. The summed E-state index contributed by atoms with van der Waals surface area (Å²) in [4.78, 5) is 30.0. The van der Waals surface area contributed by atoms with Crippen molar-refractivity contribution in [2.75, 3.05) is 13.1 Å². The average molecular weight is 374 g/mol. The van der Waals surface area contributed by atoms with Gasteiger partial charge in [0.05, 0.1) is 10.9 Å². The van der Waals surface area contributed by atoms with Crippen LogP contribution in [0.5, 0.6) is 0 Å². The van der Waals surface area contributed by atoms with Crippen molar-refractivity contribution in [1.29, 1.82) is 0 Å². The molecule has 2 aromatic rings. The van der Waals surface area contributed by atoms with Crippen LogP contribution in [0.3, 0.4) is 0 Å². The molecule has 3 rings (SSSR count). The highest BCUT2D eigenvalue weighted by molar-refractivity contribution is 7.71. The monoisotopic (exact) mass is 373 g/mol. The quantitative estimate of drug-likeness (QED) is 0.617. The summed E-state index contributed by atoms with van der Waals surface area (Å²) in [6.07, 6.45) is 5.58. The molecule has 0 bridgehead atoms. The number of piperidine rings is 1. The summed E-state index contributed by atoms with van der Waals surface area (Å²) in [5, 5.41) is 0.662. The second-order valence-electron chi connectivity index (χ2n) is 7.33. The first-order valence-electron chi connectivity index (χ1n) is 9.56. The number of amides is 1. The Hall–Kier alpha value is -1.95. The molecule has 1 saturated heterocycles. The number of carbonyl (C=O) groups is 1. The summed E-state index contributed by atoms with van der Waals surface area (Å²) < 4.78 is 2.10. The summed E-state index contributed by atoms with van der Waals surface area (Å²) in [5.41, 5.74) is 0.739. The lowest BCUT2D eigenvalue weighted by Crippen LogP contribution is -2.38. The normalized spacial score (nSPS) is 17.6. The van der Waals surface area contributed by atoms with E-state index in [0.29, 0.717) is 29.0 Å². The fourth-order valence-electron chi connectivity index (χ4n) is 3.70. The number of likely N-dealkylation sites (tertiary alicyclic amines) is 1. The predicted molar refractivity (Wildman–Crippen MR) is 107 cm³/mol. The summed E-state index contributed by atoms with van der Waals surface area (Å²) in [7, 11) is 0.